The van der Waals surface area contributed by atoms with Gasteiger partial charge in [0.15, 0.2) is 0 Å². The molecule has 6 nitrogen and oxygen atoms in total. The van der Waals surface area contributed by atoms with Crippen molar-refractivity contribution >= 4 is 5.91 Å². The predicted octanol–water partition coefficient (Wildman–Crippen LogP) is 0.660. The van der Waals surface area contributed by atoms with Crippen molar-refractivity contribution in [2.45, 2.75) is 32.4 Å². The van der Waals surface area contributed by atoms with E-state index < -0.39 is 5.41 Å². The Kier molecular flexibility index (Phi) is 3.02. The molecule has 1 aromatic heterocycles. The molecule has 0 atom stereocenters. The monoisotopic (exact) mass is 273 g/mol. The zero-order chi connectivity index (χ0) is 14.3. The largest absolute Gasteiger partial charge is 0.335 e. The third kappa shape index (κ3) is 2.08. The van der Waals surface area contributed by atoms with Gasteiger partial charge in [-0.15, -0.1) is 0 Å². The summed E-state index contributed by atoms with van der Waals surface area (Å²) in [6.45, 7) is 2.05. The first-order valence-corrected chi connectivity index (χ1v) is 6.96. The zero-order valence-electron chi connectivity index (χ0n) is 11.9. The molecule has 106 valence electrons. The lowest BCUT2D eigenvalue weighted by atomic mass is 10.0. The van der Waals surface area contributed by atoms with Crippen molar-refractivity contribution in [3.05, 3.63) is 17.0 Å². The average Bonchev–Trinajstić information content (AvgIpc) is 3.15. The Morgan fingerprint density at radius 3 is 2.90 bits per heavy atom. The third-order valence-electron chi connectivity index (χ3n) is 4.15. The molecule has 3 rings (SSSR count). The standard InChI is InChI=1S/C14H19N5O/c1-18(2)7-11-10-3-6-19(8-12(10)17-16-11)13(20)14(9-15)4-5-14/h3-8H2,1-2H3,(H,16,17). The molecule has 6 heteroatoms. The van der Waals surface area contributed by atoms with Gasteiger partial charge in [-0.05, 0) is 33.4 Å². The molecule has 0 spiro atoms. The van der Waals surface area contributed by atoms with Gasteiger partial charge in [0.1, 0.15) is 5.41 Å². The Labute approximate surface area is 118 Å². The number of carbonyl (C=O) groups excluding carboxylic acids is 1. The second-order valence-electron chi connectivity index (χ2n) is 6.04. The summed E-state index contributed by atoms with van der Waals surface area (Å²) in [5, 5.41) is 16.5. The summed E-state index contributed by atoms with van der Waals surface area (Å²) in [5.74, 6) is -0.00518. The van der Waals surface area contributed by atoms with Gasteiger partial charge < -0.3 is 9.80 Å². The molecule has 2 aliphatic rings. The van der Waals surface area contributed by atoms with Crippen LogP contribution in [-0.2, 0) is 24.3 Å². The van der Waals surface area contributed by atoms with Crippen LogP contribution in [0.15, 0.2) is 0 Å². The Bertz CT molecular complexity index is 579. The molecule has 20 heavy (non-hydrogen) atoms. The fourth-order valence-corrected chi connectivity index (χ4v) is 2.79. The van der Waals surface area contributed by atoms with E-state index in [1.165, 1.54) is 5.56 Å². The van der Waals surface area contributed by atoms with Crippen LogP contribution in [0, 0.1) is 16.7 Å². The molecule has 1 fully saturated rings. The van der Waals surface area contributed by atoms with E-state index in [0.717, 1.165) is 24.4 Å². The summed E-state index contributed by atoms with van der Waals surface area (Å²) >= 11 is 0. The highest BCUT2D eigenvalue weighted by atomic mass is 16.2. The Morgan fingerprint density at radius 1 is 1.55 bits per heavy atom. The van der Waals surface area contributed by atoms with Gasteiger partial charge in [0.05, 0.1) is 24.0 Å². The van der Waals surface area contributed by atoms with Crippen LogP contribution in [0.1, 0.15) is 29.8 Å². The summed E-state index contributed by atoms with van der Waals surface area (Å²) in [4.78, 5) is 16.3. The molecule has 0 bridgehead atoms. The van der Waals surface area contributed by atoms with Gasteiger partial charge in [0.25, 0.3) is 0 Å². The number of amides is 1. The first kappa shape index (κ1) is 13.1. The zero-order valence-corrected chi connectivity index (χ0v) is 11.9. The smallest absolute Gasteiger partial charge is 0.243 e. The van der Waals surface area contributed by atoms with Gasteiger partial charge in [-0.25, -0.2) is 0 Å². The number of hydrogen-bond donors (Lipinski definition) is 1. The maximum atomic E-state index is 12.4. The van der Waals surface area contributed by atoms with Crippen molar-refractivity contribution in [3.63, 3.8) is 0 Å². The molecule has 0 aromatic carbocycles. The van der Waals surface area contributed by atoms with Gasteiger partial charge in [0, 0.05) is 18.7 Å². The lowest BCUT2D eigenvalue weighted by Gasteiger charge is -2.28. The van der Waals surface area contributed by atoms with E-state index in [9.17, 15) is 4.79 Å². The number of nitriles is 1. The van der Waals surface area contributed by atoms with Gasteiger partial charge >= 0.3 is 0 Å². The molecular weight excluding hydrogens is 254 g/mol. The second kappa shape index (κ2) is 4.60. The van der Waals surface area contributed by atoms with E-state index in [-0.39, 0.29) is 5.91 Å². The number of aromatic nitrogens is 2. The molecule has 0 unspecified atom stereocenters. The van der Waals surface area contributed by atoms with Crippen LogP contribution in [0.25, 0.3) is 0 Å². The maximum Gasteiger partial charge on any atom is 0.243 e. The van der Waals surface area contributed by atoms with E-state index in [1.807, 2.05) is 14.1 Å². The first-order chi connectivity index (χ1) is 9.55. The van der Waals surface area contributed by atoms with E-state index in [4.69, 9.17) is 5.26 Å². The average molecular weight is 273 g/mol. The van der Waals surface area contributed by atoms with Gasteiger partial charge in [0.2, 0.25) is 5.91 Å². The lowest BCUT2D eigenvalue weighted by Crippen LogP contribution is -2.40. The highest BCUT2D eigenvalue weighted by Gasteiger charge is 2.52. The molecule has 1 N–H and O–H groups in total. The first-order valence-electron chi connectivity index (χ1n) is 6.96. The van der Waals surface area contributed by atoms with Crippen molar-refractivity contribution in [2.75, 3.05) is 20.6 Å². The minimum absolute atomic E-state index is 0.00518. The van der Waals surface area contributed by atoms with Gasteiger partial charge in [-0.1, -0.05) is 0 Å². The van der Waals surface area contributed by atoms with Crippen LogP contribution in [0.3, 0.4) is 0 Å². The molecule has 1 aromatic rings. The third-order valence-corrected chi connectivity index (χ3v) is 4.15. The predicted molar refractivity (Wildman–Crippen MR) is 72.4 cm³/mol. The van der Waals surface area contributed by atoms with Crippen molar-refractivity contribution in [3.8, 4) is 6.07 Å². The summed E-state index contributed by atoms with van der Waals surface area (Å²) in [5.41, 5.74) is 2.61. The minimum Gasteiger partial charge on any atom is -0.335 e. The van der Waals surface area contributed by atoms with E-state index in [1.54, 1.807) is 4.90 Å². The SMILES string of the molecule is CN(C)Cc1n[nH]c2c1CCN(C(=O)C1(C#N)CC1)C2. The number of rotatable bonds is 3. The van der Waals surface area contributed by atoms with Crippen LogP contribution in [0.2, 0.25) is 0 Å². The van der Waals surface area contributed by atoms with Gasteiger partial charge in [-0.3, -0.25) is 9.89 Å². The molecule has 2 heterocycles. The van der Waals surface area contributed by atoms with Crippen LogP contribution in [0.4, 0.5) is 0 Å². The number of H-pyrrole nitrogens is 1. The summed E-state index contributed by atoms with van der Waals surface area (Å²) in [7, 11) is 4.03. The van der Waals surface area contributed by atoms with Crippen LogP contribution >= 0.6 is 0 Å². The second-order valence-corrected chi connectivity index (χ2v) is 6.04. The molecule has 1 saturated carbocycles. The number of aromatic amines is 1. The van der Waals surface area contributed by atoms with Crippen molar-refractivity contribution in [2.24, 2.45) is 5.41 Å². The Balaban J connectivity index is 1.75. The summed E-state index contributed by atoms with van der Waals surface area (Å²) in [6.07, 6.45) is 2.24. The summed E-state index contributed by atoms with van der Waals surface area (Å²) < 4.78 is 0. The number of fused-ring (bicyclic) bond motifs is 1. The highest BCUT2D eigenvalue weighted by molar-refractivity contribution is 5.88. The number of nitrogens with one attached hydrogen (secondary N) is 1. The number of carbonyl (C=O) groups is 1. The van der Waals surface area contributed by atoms with E-state index in [2.05, 4.69) is 21.2 Å². The summed E-state index contributed by atoms with van der Waals surface area (Å²) in [6, 6.07) is 2.18. The lowest BCUT2D eigenvalue weighted by molar-refractivity contribution is -0.135. The van der Waals surface area contributed by atoms with E-state index in [0.29, 0.717) is 25.9 Å². The quantitative estimate of drug-likeness (QED) is 0.877. The highest BCUT2D eigenvalue weighted by Crippen LogP contribution is 2.47. The van der Waals surface area contributed by atoms with Crippen molar-refractivity contribution < 1.29 is 4.79 Å². The fraction of sp³-hybridized carbons (Fsp3) is 0.643. The molecule has 1 aliphatic heterocycles. The molecular formula is C14H19N5O. The van der Waals surface area contributed by atoms with Gasteiger partial charge in [-0.2, -0.15) is 10.4 Å². The van der Waals surface area contributed by atoms with E-state index >= 15 is 0 Å². The molecule has 1 aliphatic carbocycles. The van der Waals surface area contributed by atoms with Crippen molar-refractivity contribution in [1.82, 2.24) is 20.0 Å². The minimum atomic E-state index is -0.718. The maximum absolute atomic E-state index is 12.4. The fourth-order valence-electron chi connectivity index (χ4n) is 2.79. The van der Waals surface area contributed by atoms with Crippen LogP contribution in [-0.4, -0.2) is 46.5 Å². The van der Waals surface area contributed by atoms with Crippen molar-refractivity contribution in [1.29, 1.82) is 5.26 Å². The Hall–Kier alpha value is -1.87. The topological polar surface area (TPSA) is 76.0 Å². The molecule has 0 radical (unpaired) electrons. The number of nitrogens with zero attached hydrogens (tertiary/aromatic N) is 4. The molecule has 1 amide bonds. The normalized spacial score (nSPS) is 19.6. The molecule has 0 saturated heterocycles. The van der Waals surface area contributed by atoms with Crippen LogP contribution in [0.5, 0.6) is 0 Å². The Morgan fingerprint density at radius 2 is 2.30 bits per heavy atom. The number of hydrogen-bond acceptors (Lipinski definition) is 4. The van der Waals surface area contributed by atoms with Crippen LogP contribution < -0.4 is 0 Å².